The van der Waals surface area contributed by atoms with Gasteiger partial charge in [-0.05, 0) is 31.6 Å². The van der Waals surface area contributed by atoms with Crippen LogP contribution in [0.4, 0.5) is 0 Å². The highest BCUT2D eigenvalue weighted by atomic mass is 17.2. The summed E-state index contributed by atoms with van der Waals surface area (Å²) in [5, 5.41) is 13.9. The average Bonchev–Trinajstić information content (AvgIpc) is 3.45. The lowest BCUT2D eigenvalue weighted by atomic mass is 9.87. The Balaban J connectivity index is 1.71. The van der Waals surface area contributed by atoms with E-state index in [-0.39, 0.29) is 23.6 Å². The molecule has 0 radical (unpaired) electrons. The largest absolute Gasteiger partial charge is 0.479 e. The Bertz CT molecular complexity index is 940. The summed E-state index contributed by atoms with van der Waals surface area (Å²) in [7, 11) is 0. The van der Waals surface area contributed by atoms with Gasteiger partial charge in [-0.25, -0.2) is 19.4 Å². The van der Waals surface area contributed by atoms with Crippen molar-refractivity contribution in [2.24, 2.45) is 5.92 Å². The lowest BCUT2D eigenvalue weighted by Crippen LogP contribution is -2.36. The van der Waals surface area contributed by atoms with Crippen LogP contribution in [0.2, 0.25) is 0 Å². The Labute approximate surface area is 189 Å². The lowest BCUT2D eigenvalue weighted by molar-refractivity contribution is -0.335. The van der Waals surface area contributed by atoms with Gasteiger partial charge in [0.25, 0.3) is 5.60 Å². The zero-order valence-electron chi connectivity index (χ0n) is 18.1. The second-order valence-electron chi connectivity index (χ2n) is 8.06. The van der Waals surface area contributed by atoms with E-state index < -0.39 is 36.0 Å². The van der Waals surface area contributed by atoms with E-state index in [4.69, 9.17) is 19.6 Å². The van der Waals surface area contributed by atoms with E-state index in [1.165, 1.54) is 13.0 Å². The molecule has 1 atom stereocenters. The molecule has 1 aromatic rings. The van der Waals surface area contributed by atoms with Gasteiger partial charge in [-0.15, -0.1) is 0 Å². The van der Waals surface area contributed by atoms with Crippen molar-refractivity contribution in [2.45, 2.75) is 44.3 Å². The maximum absolute atomic E-state index is 13.2. The number of amides is 2. The standard InChI is InChI=1S/C22H26N2O9/c1-13(26)24-9-14-5-7-15(8-6-14)32-21(30)22(33-31-11-19(28)29)17-4-2-3-16(20(17)22)18(27)10-23-12-25/h2-4,12,14-15H,5-11H2,1H3,(H,23,25)(H,24,26)(H,28,29). The molecule has 1 saturated carbocycles. The average molecular weight is 462 g/mol. The summed E-state index contributed by atoms with van der Waals surface area (Å²) < 4.78 is 5.69. The molecular weight excluding hydrogens is 436 g/mol. The lowest BCUT2D eigenvalue weighted by Gasteiger charge is -2.29. The highest BCUT2D eigenvalue weighted by Crippen LogP contribution is 2.54. The number of carboxylic acids is 1. The quantitative estimate of drug-likeness (QED) is 0.132. The molecular formula is C22H26N2O9. The minimum Gasteiger partial charge on any atom is -0.479 e. The number of ketones is 1. The molecule has 0 heterocycles. The van der Waals surface area contributed by atoms with Gasteiger partial charge in [0.05, 0.1) is 6.54 Å². The fourth-order valence-corrected chi connectivity index (χ4v) is 4.08. The first-order valence-corrected chi connectivity index (χ1v) is 10.6. The van der Waals surface area contributed by atoms with Crippen molar-refractivity contribution in [3.63, 3.8) is 0 Å². The monoisotopic (exact) mass is 462 g/mol. The number of carbonyl (C=O) groups excluding carboxylic acids is 4. The van der Waals surface area contributed by atoms with Crippen LogP contribution >= 0.6 is 0 Å². The van der Waals surface area contributed by atoms with Gasteiger partial charge >= 0.3 is 11.9 Å². The minimum absolute atomic E-state index is 0.0933. The van der Waals surface area contributed by atoms with Gasteiger partial charge in [0.1, 0.15) is 6.10 Å². The van der Waals surface area contributed by atoms with Crippen molar-refractivity contribution < 1.29 is 43.6 Å². The van der Waals surface area contributed by atoms with E-state index in [1.807, 2.05) is 0 Å². The van der Waals surface area contributed by atoms with Crippen LogP contribution in [-0.2, 0) is 39.3 Å². The third-order valence-corrected chi connectivity index (χ3v) is 5.74. The fourth-order valence-electron chi connectivity index (χ4n) is 4.08. The van der Waals surface area contributed by atoms with Crippen LogP contribution in [0.3, 0.4) is 0 Å². The van der Waals surface area contributed by atoms with Crippen LogP contribution in [0.25, 0.3) is 0 Å². The molecule has 0 aromatic heterocycles. The summed E-state index contributed by atoms with van der Waals surface area (Å²) in [6, 6.07) is 4.60. The predicted molar refractivity (Wildman–Crippen MR) is 111 cm³/mol. The van der Waals surface area contributed by atoms with E-state index in [0.29, 0.717) is 37.3 Å². The number of hydrogen-bond acceptors (Lipinski definition) is 8. The van der Waals surface area contributed by atoms with Crippen molar-refractivity contribution in [1.29, 1.82) is 0 Å². The molecule has 2 amide bonds. The Morgan fingerprint density at radius 2 is 1.91 bits per heavy atom. The SMILES string of the molecule is CC(=O)NCC1CCC(OC(=O)C2(OOCC(=O)O)c3cccc(C(=O)CNC=O)c32)CC1. The van der Waals surface area contributed by atoms with Crippen LogP contribution in [-0.4, -0.2) is 60.9 Å². The first-order chi connectivity index (χ1) is 15.8. The van der Waals surface area contributed by atoms with E-state index in [0.717, 1.165) is 12.8 Å². The molecule has 1 fully saturated rings. The summed E-state index contributed by atoms with van der Waals surface area (Å²) in [6.07, 6.45) is 2.70. The number of ether oxygens (including phenoxy) is 1. The van der Waals surface area contributed by atoms with Crippen molar-refractivity contribution >= 4 is 30.0 Å². The molecule has 2 aliphatic carbocycles. The molecule has 0 aliphatic heterocycles. The van der Waals surface area contributed by atoms with Crippen LogP contribution in [0.5, 0.6) is 0 Å². The van der Waals surface area contributed by atoms with Crippen molar-refractivity contribution in [3.05, 3.63) is 34.9 Å². The number of aliphatic carboxylic acids is 1. The van der Waals surface area contributed by atoms with Gasteiger partial charge < -0.3 is 20.5 Å². The maximum atomic E-state index is 13.2. The second kappa shape index (κ2) is 10.5. The summed E-state index contributed by atoms with van der Waals surface area (Å²) in [5.74, 6) is -2.34. The number of carboxylic acid groups (broad SMARTS) is 1. The van der Waals surface area contributed by atoms with Gasteiger partial charge in [-0.1, -0.05) is 18.2 Å². The molecule has 2 aliphatic rings. The van der Waals surface area contributed by atoms with Crippen LogP contribution < -0.4 is 10.6 Å². The number of hydrogen-bond donors (Lipinski definition) is 3. The first kappa shape index (κ1) is 24.3. The summed E-state index contributed by atoms with van der Waals surface area (Å²) >= 11 is 0. The molecule has 0 spiro atoms. The molecule has 0 saturated heterocycles. The third kappa shape index (κ3) is 5.55. The molecule has 33 heavy (non-hydrogen) atoms. The van der Waals surface area contributed by atoms with Crippen LogP contribution in [0.15, 0.2) is 18.2 Å². The molecule has 178 valence electrons. The molecule has 3 rings (SSSR count). The van der Waals surface area contributed by atoms with E-state index in [1.54, 1.807) is 12.1 Å². The van der Waals surface area contributed by atoms with Crippen molar-refractivity contribution in [3.8, 4) is 0 Å². The Hall–Kier alpha value is -3.31. The summed E-state index contributed by atoms with van der Waals surface area (Å²) in [5.41, 5.74) is -1.11. The van der Waals surface area contributed by atoms with Gasteiger partial charge in [-0.2, -0.15) is 0 Å². The van der Waals surface area contributed by atoms with Gasteiger partial charge in [-0.3, -0.25) is 14.4 Å². The highest BCUT2D eigenvalue weighted by molar-refractivity contribution is 6.07. The first-order valence-electron chi connectivity index (χ1n) is 10.6. The van der Waals surface area contributed by atoms with Gasteiger partial charge in [0, 0.05) is 30.2 Å². The van der Waals surface area contributed by atoms with E-state index in [9.17, 15) is 24.0 Å². The fraction of sp³-hybridized carbons (Fsp3) is 0.500. The number of rotatable bonds is 12. The molecule has 3 N–H and O–H groups in total. The zero-order valence-corrected chi connectivity index (χ0v) is 18.1. The minimum atomic E-state index is -1.84. The molecule has 11 nitrogen and oxygen atoms in total. The molecule has 1 aromatic carbocycles. The van der Waals surface area contributed by atoms with E-state index >= 15 is 0 Å². The zero-order chi connectivity index (χ0) is 24.0. The maximum Gasteiger partial charge on any atom is 0.351 e. The van der Waals surface area contributed by atoms with Crippen molar-refractivity contribution in [1.82, 2.24) is 10.6 Å². The molecule has 0 bridgehead atoms. The second-order valence-corrected chi connectivity index (χ2v) is 8.06. The van der Waals surface area contributed by atoms with Gasteiger partial charge in [0.15, 0.2) is 12.4 Å². The summed E-state index contributed by atoms with van der Waals surface area (Å²) in [6.45, 7) is 0.936. The van der Waals surface area contributed by atoms with Crippen molar-refractivity contribution in [2.75, 3.05) is 19.7 Å². The number of esters is 1. The number of nitrogens with one attached hydrogen (secondary N) is 2. The number of fused-ring (bicyclic) bond motifs is 1. The topological polar surface area (TPSA) is 157 Å². The Morgan fingerprint density at radius 1 is 1.18 bits per heavy atom. The third-order valence-electron chi connectivity index (χ3n) is 5.74. The molecule has 1 unspecified atom stereocenters. The highest BCUT2D eigenvalue weighted by Gasteiger charge is 2.64. The van der Waals surface area contributed by atoms with E-state index in [2.05, 4.69) is 10.6 Å². The number of benzene rings is 1. The normalized spacial score (nSPS) is 23.1. The Morgan fingerprint density at radius 3 is 2.55 bits per heavy atom. The smallest absolute Gasteiger partial charge is 0.351 e. The molecule has 11 heteroatoms. The van der Waals surface area contributed by atoms with Crippen LogP contribution in [0, 0.1) is 5.92 Å². The van der Waals surface area contributed by atoms with Gasteiger partial charge in [0.2, 0.25) is 12.3 Å². The Kier molecular flexibility index (Phi) is 7.77. The summed E-state index contributed by atoms with van der Waals surface area (Å²) in [4.78, 5) is 68.2. The number of Topliss-reactive ketones (excluding diaryl/α,β-unsaturated/α-hetero) is 1. The number of carbonyl (C=O) groups is 5. The van der Waals surface area contributed by atoms with Crippen LogP contribution in [0.1, 0.15) is 54.1 Å². The predicted octanol–water partition coefficient (Wildman–Crippen LogP) is 0.443.